The topological polar surface area (TPSA) is 84.9 Å². The van der Waals surface area contributed by atoms with E-state index in [9.17, 15) is 14.5 Å². The first kappa shape index (κ1) is 25.5. The highest BCUT2D eigenvalue weighted by molar-refractivity contribution is 7.56. The number of carbonyl (C=O) groups excluding carboxylic acids is 1. The Morgan fingerprint density at radius 1 is 1.32 bits per heavy atom. The Hall–Kier alpha value is -1.78. The monoisotopic (exact) mass is 451 g/mol. The zero-order valence-corrected chi connectivity index (χ0v) is 20.5. The molecule has 0 heterocycles. The summed E-state index contributed by atoms with van der Waals surface area (Å²) in [5.74, 6) is 0.140. The molecule has 1 aliphatic rings. The van der Waals surface area contributed by atoms with Crippen LogP contribution < -0.4 is 9.61 Å². The maximum absolute atomic E-state index is 13.2. The van der Waals surface area contributed by atoms with Crippen molar-refractivity contribution in [1.82, 2.24) is 5.09 Å². The van der Waals surface area contributed by atoms with Crippen molar-refractivity contribution in [3.63, 3.8) is 0 Å². The van der Waals surface area contributed by atoms with Crippen LogP contribution in [0.2, 0.25) is 0 Å². The van der Waals surface area contributed by atoms with Crippen molar-refractivity contribution < 1.29 is 23.7 Å². The lowest BCUT2D eigenvalue weighted by Gasteiger charge is -2.26. The van der Waals surface area contributed by atoms with Gasteiger partial charge in [0, 0.05) is 18.1 Å². The van der Waals surface area contributed by atoms with Gasteiger partial charge in [0.15, 0.2) is 0 Å². The molecule has 0 radical (unpaired) electrons. The van der Waals surface area contributed by atoms with E-state index in [2.05, 4.69) is 25.0 Å². The Morgan fingerprint density at radius 3 is 2.71 bits per heavy atom. The van der Waals surface area contributed by atoms with Crippen LogP contribution in [0.5, 0.6) is 11.5 Å². The maximum atomic E-state index is 13.2. The lowest BCUT2D eigenvalue weighted by Crippen LogP contribution is -2.34. The van der Waals surface area contributed by atoms with E-state index < -0.39 is 19.5 Å². The molecule has 0 saturated carbocycles. The van der Waals surface area contributed by atoms with Gasteiger partial charge >= 0.3 is 13.5 Å². The second kappa shape index (κ2) is 11.7. The summed E-state index contributed by atoms with van der Waals surface area (Å²) < 4.78 is 24.2. The predicted octanol–water partition coefficient (Wildman–Crippen LogP) is 6.08. The lowest BCUT2D eigenvalue weighted by atomic mass is 9.84. The van der Waals surface area contributed by atoms with Gasteiger partial charge in [-0.05, 0) is 70.6 Å². The van der Waals surface area contributed by atoms with Crippen molar-refractivity contribution >= 4 is 13.5 Å². The number of ether oxygens (including phenoxy) is 1. The smallest absolute Gasteiger partial charge is 0.323 e. The average molecular weight is 452 g/mol. The van der Waals surface area contributed by atoms with Gasteiger partial charge in [0.1, 0.15) is 17.5 Å². The van der Waals surface area contributed by atoms with Crippen LogP contribution in [0, 0.1) is 0 Å². The number of nitrogens with one attached hydrogen (secondary N) is 1. The van der Waals surface area contributed by atoms with Crippen molar-refractivity contribution in [2.75, 3.05) is 13.3 Å². The molecule has 1 aromatic carbocycles. The highest BCUT2D eigenvalue weighted by Crippen LogP contribution is 2.48. The molecule has 0 spiro atoms. The molecule has 6 nitrogen and oxygen atoms in total. The lowest BCUT2D eigenvalue weighted by molar-refractivity contribution is -0.144. The van der Waals surface area contributed by atoms with Gasteiger partial charge in [-0.25, -0.2) is 5.09 Å². The molecule has 0 aromatic heterocycles. The fraction of sp³-hybridized carbons (Fsp3) is 0.625. The second-order valence-electron chi connectivity index (χ2n) is 8.54. The van der Waals surface area contributed by atoms with Crippen LogP contribution in [0.1, 0.15) is 83.3 Å². The standard InChI is InChI=1S/C24H38NO5P/c1-6-8-9-12-19-15-21(26)23(20-13-10-11-17(3)14-20)22(16-19)30-31(5,28)25-18(4)24(27)29-7-2/h14-16,18,20,26H,6-13H2,1-5H3,(H,25,28)/t18-,20?,31?/m0/s1. The molecule has 2 N–H and O–H groups in total. The van der Waals surface area contributed by atoms with E-state index in [4.69, 9.17) is 9.26 Å². The minimum absolute atomic E-state index is 0.0101. The summed E-state index contributed by atoms with van der Waals surface area (Å²) in [6, 6.07) is 2.94. The van der Waals surface area contributed by atoms with Crippen LogP contribution in [0.15, 0.2) is 23.8 Å². The predicted molar refractivity (Wildman–Crippen MR) is 125 cm³/mol. The summed E-state index contributed by atoms with van der Waals surface area (Å²) in [5.41, 5.74) is 2.91. The van der Waals surface area contributed by atoms with Gasteiger partial charge in [-0.1, -0.05) is 31.4 Å². The summed E-state index contributed by atoms with van der Waals surface area (Å²) in [7, 11) is -3.40. The van der Waals surface area contributed by atoms with Crippen LogP contribution in [-0.4, -0.2) is 30.4 Å². The molecule has 7 heteroatoms. The molecule has 2 unspecified atom stereocenters. The first-order chi connectivity index (χ1) is 14.7. The van der Waals surface area contributed by atoms with Crippen molar-refractivity contribution in [3.05, 3.63) is 34.9 Å². The van der Waals surface area contributed by atoms with Gasteiger partial charge in [0.05, 0.1) is 6.61 Å². The van der Waals surface area contributed by atoms with Crippen molar-refractivity contribution in [1.29, 1.82) is 0 Å². The summed E-state index contributed by atoms with van der Waals surface area (Å²) in [6.45, 7) is 9.28. The van der Waals surface area contributed by atoms with Crippen LogP contribution in [-0.2, 0) is 20.5 Å². The fourth-order valence-corrected chi connectivity index (χ4v) is 5.45. The molecule has 1 aromatic rings. The van der Waals surface area contributed by atoms with Crippen LogP contribution in [0.25, 0.3) is 0 Å². The minimum atomic E-state index is -3.40. The van der Waals surface area contributed by atoms with E-state index in [-0.39, 0.29) is 18.3 Å². The number of hydrogen-bond donors (Lipinski definition) is 2. The van der Waals surface area contributed by atoms with Gasteiger partial charge in [-0.2, -0.15) is 0 Å². The number of carbonyl (C=O) groups is 1. The summed E-state index contributed by atoms with van der Waals surface area (Å²) in [6.07, 6.45) is 9.19. The molecule has 0 fully saturated rings. The van der Waals surface area contributed by atoms with E-state index in [0.29, 0.717) is 11.3 Å². The zero-order valence-electron chi connectivity index (χ0n) is 19.6. The van der Waals surface area contributed by atoms with E-state index in [1.54, 1.807) is 13.8 Å². The molecule has 0 aliphatic heterocycles. The van der Waals surface area contributed by atoms with Crippen molar-refractivity contribution in [2.45, 2.75) is 84.6 Å². The molecule has 174 valence electrons. The van der Waals surface area contributed by atoms with Gasteiger partial charge in [-0.3, -0.25) is 9.36 Å². The molecular formula is C24H38NO5P. The number of aromatic hydroxyl groups is 1. The Morgan fingerprint density at radius 2 is 2.06 bits per heavy atom. The van der Waals surface area contributed by atoms with E-state index >= 15 is 0 Å². The third kappa shape index (κ3) is 7.69. The largest absolute Gasteiger partial charge is 0.507 e. The van der Waals surface area contributed by atoms with Crippen molar-refractivity contribution in [2.24, 2.45) is 0 Å². The molecule has 31 heavy (non-hydrogen) atoms. The SMILES string of the molecule is CCCCCc1cc(O)c(C2C=C(C)CCC2)c(OP(C)(=O)N[C@@H](C)C(=O)OCC)c1. The third-order valence-electron chi connectivity index (χ3n) is 5.53. The summed E-state index contributed by atoms with van der Waals surface area (Å²) >= 11 is 0. The first-order valence-electron chi connectivity index (χ1n) is 11.4. The van der Waals surface area contributed by atoms with Gasteiger partial charge < -0.3 is 14.4 Å². The number of benzene rings is 1. The van der Waals surface area contributed by atoms with Gasteiger partial charge in [0.25, 0.3) is 0 Å². The fourth-order valence-electron chi connectivity index (χ4n) is 4.06. The van der Waals surface area contributed by atoms with Crippen LogP contribution in [0.4, 0.5) is 0 Å². The molecule has 0 saturated heterocycles. The average Bonchev–Trinajstić information content (AvgIpc) is 2.67. The quantitative estimate of drug-likeness (QED) is 0.184. The number of phenolic OH excluding ortho intramolecular Hbond substituents is 1. The maximum Gasteiger partial charge on any atom is 0.323 e. The van der Waals surface area contributed by atoms with E-state index in [1.807, 2.05) is 12.1 Å². The highest BCUT2D eigenvalue weighted by atomic mass is 31.2. The second-order valence-corrected chi connectivity index (χ2v) is 10.7. The van der Waals surface area contributed by atoms with Crippen molar-refractivity contribution in [3.8, 4) is 11.5 Å². The van der Waals surface area contributed by atoms with E-state index in [1.165, 1.54) is 12.2 Å². The molecule has 3 atom stereocenters. The first-order valence-corrected chi connectivity index (χ1v) is 13.5. The minimum Gasteiger partial charge on any atom is -0.507 e. The number of hydrogen-bond acceptors (Lipinski definition) is 5. The van der Waals surface area contributed by atoms with Crippen LogP contribution >= 0.6 is 7.52 Å². The van der Waals surface area contributed by atoms with E-state index in [0.717, 1.165) is 50.5 Å². The number of allylic oxidation sites excluding steroid dienone is 2. The van der Waals surface area contributed by atoms with Gasteiger partial charge in [-0.15, -0.1) is 0 Å². The van der Waals surface area contributed by atoms with Gasteiger partial charge in [0.2, 0.25) is 0 Å². The summed E-state index contributed by atoms with van der Waals surface area (Å²) in [5, 5.41) is 13.7. The Kier molecular flexibility index (Phi) is 9.64. The molecule has 2 rings (SSSR count). The molecular weight excluding hydrogens is 413 g/mol. The van der Waals surface area contributed by atoms with Crippen LogP contribution in [0.3, 0.4) is 0 Å². The Balaban J connectivity index is 2.35. The highest BCUT2D eigenvalue weighted by Gasteiger charge is 2.29. The number of phenols is 1. The number of rotatable bonds is 11. The summed E-state index contributed by atoms with van der Waals surface area (Å²) in [4.78, 5) is 12.0. The molecule has 0 bridgehead atoms. The number of esters is 1. The Bertz CT molecular complexity index is 836. The zero-order chi connectivity index (χ0) is 23.0. The number of unbranched alkanes of at least 4 members (excludes halogenated alkanes) is 2. The molecule has 1 aliphatic carbocycles. The Labute approximate surface area is 186 Å². The third-order valence-corrected chi connectivity index (χ3v) is 6.93. The molecule has 0 amide bonds. The number of aryl methyl sites for hydroxylation is 1. The normalized spacial score (nSPS) is 19.3.